The minimum absolute atomic E-state index is 0.775. The zero-order valence-electron chi connectivity index (χ0n) is 9.76. The van der Waals surface area contributed by atoms with Crippen molar-refractivity contribution in [2.24, 2.45) is 7.05 Å². The first kappa shape index (κ1) is 11.2. The smallest absolute Gasteiger partial charge is 0.209 e. The highest BCUT2D eigenvalue weighted by Gasteiger charge is 2.07. The van der Waals surface area contributed by atoms with Crippen LogP contribution in [0.5, 0.6) is 0 Å². The molecule has 1 N–H and O–H groups in total. The summed E-state index contributed by atoms with van der Waals surface area (Å²) in [5.74, 6) is 1.56. The van der Waals surface area contributed by atoms with Crippen molar-refractivity contribution in [3.63, 3.8) is 0 Å². The summed E-state index contributed by atoms with van der Waals surface area (Å²) in [5, 5.41) is 3.21. The highest BCUT2D eigenvalue weighted by Crippen LogP contribution is 2.20. The number of hydrogen-bond donors (Lipinski definition) is 1. The van der Waals surface area contributed by atoms with Gasteiger partial charge in [0.05, 0.1) is 11.0 Å². The van der Waals surface area contributed by atoms with E-state index in [2.05, 4.69) is 31.2 Å². The molecule has 0 spiro atoms. The van der Waals surface area contributed by atoms with Crippen LogP contribution in [0.15, 0.2) is 47.1 Å². The number of benzene rings is 1. The number of imidazole rings is 1. The third-order valence-electron chi connectivity index (χ3n) is 2.75. The first-order chi connectivity index (χ1) is 8.74. The normalized spacial score (nSPS) is 10.8. The maximum atomic E-state index is 4.53. The quantitative estimate of drug-likeness (QED) is 0.788. The summed E-state index contributed by atoms with van der Waals surface area (Å²) >= 11 is 3.36. The van der Waals surface area contributed by atoms with Crippen LogP contribution in [-0.4, -0.2) is 14.5 Å². The lowest BCUT2D eigenvalue weighted by atomic mass is 10.3. The number of halogens is 1. The summed E-state index contributed by atoms with van der Waals surface area (Å²) in [5.41, 5.74) is 2.07. The number of nitrogens with one attached hydrogen (secondary N) is 1. The molecule has 0 saturated heterocycles. The van der Waals surface area contributed by atoms with Crippen molar-refractivity contribution in [3.8, 4) is 0 Å². The van der Waals surface area contributed by atoms with Crippen LogP contribution in [0.1, 0.15) is 0 Å². The Balaban J connectivity index is 1.99. The van der Waals surface area contributed by atoms with Gasteiger partial charge in [0, 0.05) is 17.7 Å². The van der Waals surface area contributed by atoms with Crippen LogP contribution in [0.4, 0.5) is 11.8 Å². The molecule has 1 aromatic carbocycles. The van der Waals surface area contributed by atoms with Gasteiger partial charge in [-0.05, 0) is 40.2 Å². The van der Waals surface area contributed by atoms with Crippen molar-refractivity contribution < 1.29 is 0 Å². The number of hydrogen-bond acceptors (Lipinski definition) is 3. The lowest BCUT2D eigenvalue weighted by Gasteiger charge is -2.05. The van der Waals surface area contributed by atoms with E-state index in [9.17, 15) is 0 Å². The van der Waals surface area contributed by atoms with Gasteiger partial charge in [-0.25, -0.2) is 9.97 Å². The second-order valence-electron chi connectivity index (χ2n) is 3.97. The standard InChI is InChI=1S/C13H11BrN4/c1-18-11-5-3-2-4-10(11)16-13(18)17-12-7-6-9(14)8-15-12/h2-8H,1H3,(H,15,16,17). The molecule has 0 radical (unpaired) electrons. The Bertz CT molecular complexity index is 688. The van der Waals surface area contributed by atoms with Gasteiger partial charge < -0.3 is 9.88 Å². The molecule has 3 aromatic rings. The fourth-order valence-corrected chi connectivity index (χ4v) is 2.06. The van der Waals surface area contributed by atoms with Gasteiger partial charge in [0.25, 0.3) is 0 Å². The largest absolute Gasteiger partial charge is 0.313 e. The molecule has 4 nitrogen and oxygen atoms in total. The van der Waals surface area contributed by atoms with Crippen molar-refractivity contribution >= 4 is 38.7 Å². The van der Waals surface area contributed by atoms with E-state index < -0.39 is 0 Å². The molecule has 5 heteroatoms. The summed E-state index contributed by atoms with van der Waals surface area (Å²) in [6.45, 7) is 0. The molecular formula is C13H11BrN4. The lowest BCUT2D eigenvalue weighted by Crippen LogP contribution is -2.00. The number of fused-ring (bicyclic) bond motifs is 1. The maximum Gasteiger partial charge on any atom is 0.209 e. The van der Waals surface area contributed by atoms with E-state index in [1.165, 1.54) is 0 Å². The number of rotatable bonds is 2. The SMILES string of the molecule is Cn1c(Nc2ccc(Br)cn2)nc2ccccc21. The van der Waals surface area contributed by atoms with Gasteiger partial charge in [0.15, 0.2) is 0 Å². The fraction of sp³-hybridized carbons (Fsp3) is 0.0769. The van der Waals surface area contributed by atoms with E-state index >= 15 is 0 Å². The highest BCUT2D eigenvalue weighted by atomic mass is 79.9. The molecule has 0 fully saturated rings. The molecule has 18 heavy (non-hydrogen) atoms. The topological polar surface area (TPSA) is 42.7 Å². The van der Waals surface area contributed by atoms with Crippen molar-refractivity contribution in [3.05, 3.63) is 47.1 Å². The van der Waals surface area contributed by atoms with Gasteiger partial charge in [0.2, 0.25) is 5.95 Å². The fourth-order valence-electron chi connectivity index (χ4n) is 1.82. The van der Waals surface area contributed by atoms with Gasteiger partial charge in [-0.2, -0.15) is 0 Å². The number of pyridine rings is 1. The minimum Gasteiger partial charge on any atom is -0.313 e. The van der Waals surface area contributed by atoms with Gasteiger partial charge >= 0.3 is 0 Å². The van der Waals surface area contributed by atoms with E-state index in [0.29, 0.717) is 0 Å². The second-order valence-corrected chi connectivity index (χ2v) is 4.89. The molecule has 2 aromatic heterocycles. The Morgan fingerprint density at radius 2 is 2.00 bits per heavy atom. The Morgan fingerprint density at radius 3 is 2.72 bits per heavy atom. The van der Waals surface area contributed by atoms with Crippen LogP contribution in [0, 0.1) is 0 Å². The zero-order valence-corrected chi connectivity index (χ0v) is 11.3. The van der Waals surface area contributed by atoms with Crippen LogP contribution in [0.2, 0.25) is 0 Å². The molecule has 90 valence electrons. The molecule has 0 unspecified atom stereocenters. The summed E-state index contributed by atoms with van der Waals surface area (Å²) in [6, 6.07) is 11.9. The van der Waals surface area contributed by atoms with E-state index in [1.54, 1.807) is 6.20 Å². The molecule has 0 amide bonds. The Morgan fingerprint density at radius 1 is 1.17 bits per heavy atom. The molecule has 0 aliphatic heterocycles. The first-order valence-corrected chi connectivity index (χ1v) is 6.33. The molecule has 2 heterocycles. The van der Waals surface area contributed by atoms with Gasteiger partial charge in [-0.3, -0.25) is 0 Å². The number of aryl methyl sites for hydroxylation is 1. The summed E-state index contributed by atoms with van der Waals surface area (Å²) < 4.78 is 2.97. The zero-order chi connectivity index (χ0) is 12.5. The van der Waals surface area contributed by atoms with Crippen molar-refractivity contribution in [2.45, 2.75) is 0 Å². The molecular weight excluding hydrogens is 292 g/mol. The second kappa shape index (κ2) is 4.42. The van der Waals surface area contributed by atoms with E-state index in [-0.39, 0.29) is 0 Å². The predicted molar refractivity (Wildman–Crippen MR) is 75.9 cm³/mol. The van der Waals surface area contributed by atoms with Crippen LogP contribution in [0.3, 0.4) is 0 Å². The van der Waals surface area contributed by atoms with E-state index in [0.717, 1.165) is 27.3 Å². The van der Waals surface area contributed by atoms with Crippen LogP contribution in [-0.2, 0) is 7.05 Å². The molecule has 0 bridgehead atoms. The average molecular weight is 303 g/mol. The Hall–Kier alpha value is -1.88. The van der Waals surface area contributed by atoms with Crippen molar-refractivity contribution in [1.82, 2.24) is 14.5 Å². The van der Waals surface area contributed by atoms with Gasteiger partial charge in [-0.1, -0.05) is 12.1 Å². The third-order valence-corrected chi connectivity index (χ3v) is 3.22. The summed E-state index contributed by atoms with van der Waals surface area (Å²) in [4.78, 5) is 8.80. The van der Waals surface area contributed by atoms with E-state index in [1.807, 2.05) is 48.0 Å². The van der Waals surface area contributed by atoms with E-state index in [4.69, 9.17) is 0 Å². The summed E-state index contributed by atoms with van der Waals surface area (Å²) in [7, 11) is 1.98. The predicted octanol–water partition coefficient (Wildman–Crippen LogP) is 3.47. The first-order valence-electron chi connectivity index (χ1n) is 5.54. The minimum atomic E-state index is 0.775. The third kappa shape index (κ3) is 1.97. The van der Waals surface area contributed by atoms with Gasteiger partial charge in [0.1, 0.15) is 5.82 Å². The van der Waals surface area contributed by atoms with Crippen LogP contribution < -0.4 is 5.32 Å². The van der Waals surface area contributed by atoms with Crippen LogP contribution >= 0.6 is 15.9 Å². The maximum absolute atomic E-state index is 4.53. The lowest BCUT2D eigenvalue weighted by molar-refractivity contribution is 0.955. The monoisotopic (exact) mass is 302 g/mol. The van der Waals surface area contributed by atoms with Crippen LogP contribution in [0.25, 0.3) is 11.0 Å². The summed E-state index contributed by atoms with van der Waals surface area (Å²) in [6.07, 6.45) is 1.75. The number of para-hydroxylation sites is 2. The number of nitrogens with zero attached hydrogens (tertiary/aromatic N) is 3. The van der Waals surface area contributed by atoms with Gasteiger partial charge in [-0.15, -0.1) is 0 Å². The Labute approximate surface area is 113 Å². The van der Waals surface area contributed by atoms with Crippen molar-refractivity contribution in [1.29, 1.82) is 0 Å². The van der Waals surface area contributed by atoms with Crippen molar-refractivity contribution in [2.75, 3.05) is 5.32 Å². The molecule has 0 saturated carbocycles. The molecule has 0 aliphatic rings. The molecule has 3 rings (SSSR count). The Kier molecular flexibility index (Phi) is 2.76. The molecule has 0 atom stereocenters. The highest BCUT2D eigenvalue weighted by molar-refractivity contribution is 9.10. The average Bonchev–Trinajstić information content (AvgIpc) is 2.70. The number of anilines is 2. The molecule has 0 aliphatic carbocycles. The number of aromatic nitrogens is 3.